The minimum Gasteiger partial charge on any atom is -0.468 e. The Bertz CT molecular complexity index is 1330. The van der Waals surface area contributed by atoms with E-state index in [1.54, 1.807) is 18.4 Å². The van der Waals surface area contributed by atoms with Gasteiger partial charge in [-0.1, -0.05) is 36.4 Å². The first-order valence-corrected chi connectivity index (χ1v) is 12.0. The van der Waals surface area contributed by atoms with Crippen LogP contribution in [0.2, 0.25) is 0 Å². The van der Waals surface area contributed by atoms with Crippen LogP contribution in [-0.2, 0) is 25.6 Å². The number of esters is 2. The molecule has 0 amide bonds. The number of hydrogen-bond donors (Lipinski definition) is 0. The first-order chi connectivity index (χ1) is 17.3. The van der Waals surface area contributed by atoms with E-state index in [9.17, 15) is 9.59 Å². The number of fused-ring (bicyclic) bond motifs is 1. The predicted octanol–water partition coefficient (Wildman–Crippen LogP) is 3.94. The van der Waals surface area contributed by atoms with Crippen LogP contribution in [0.15, 0.2) is 71.0 Å². The second-order valence-electron chi connectivity index (χ2n) is 9.12. The van der Waals surface area contributed by atoms with Crippen molar-refractivity contribution in [3.63, 3.8) is 0 Å². The third-order valence-corrected chi connectivity index (χ3v) is 6.58. The Morgan fingerprint density at radius 3 is 2.50 bits per heavy atom. The summed E-state index contributed by atoms with van der Waals surface area (Å²) in [5, 5.41) is 4.62. The Labute approximate surface area is 211 Å². The van der Waals surface area contributed by atoms with Crippen molar-refractivity contribution in [3.8, 4) is 0 Å². The molecular weight excluding hydrogens is 456 g/mol. The predicted molar refractivity (Wildman–Crippen MR) is 138 cm³/mol. The lowest BCUT2D eigenvalue weighted by Crippen LogP contribution is -2.36. The summed E-state index contributed by atoms with van der Waals surface area (Å²) in [6, 6.07) is 15.9. The molecule has 4 rings (SSSR count). The minimum atomic E-state index is -0.756. The standard InChI is InChI=1S/C28H32N4O4/c1-18-24(27(33)35-5)26(23-20(3)30-32-14-10-9-13-22(23)32)25(19(2)29-18)28(34)36-16-15-31(4)17-21-11-7-6-8-12-21/h6-14,24,26H,15-17H2,1-5H3. The lowest BCUT2D eigenvalue weighted by molar-refractivity contribution is -0.144. The van der Waals surface area contributed by atoms with Gasteiger partial charge in [0, 0.05) is 42.2 Å². The van der Waals surface area contributed by atoms with Crippen LogP contribution in [0.1, 0.15) is 36.6 Å². The summed E-state index contributed by atoms with van der Waals surface area (Å²) < 4.78 is 12.7. The molecule has 0 radical (unpaired) electrons. The van der Waals surface area contributed by atoms with Crippen molar-refractivity contribution < 1.29 is 19.1 Å². The Morgan fingerprint density at radius 2 is 1.78 bits per heavy atom. The summed E-state index contributed by atoms with van der Waals surface area (Å²) in [4.78, 5) is 33.1. The molecule has 3 aromatic rings. The molecule has 0 saturated heterocycles. The molecule has 0 spiro atoms. The number of methoxy groups -OCH3 is 1. The molecule has 0 aliphatic carbocycles. The first-order valence-electron chi connectivity index (χ1n) is 12.0. The van der Waals surface area contributed by atoms with Crippen molar-refractivity contribution >= 4 is 23.2 Å². The van der Waals surface area contributed by atoms with Gasteiger partial charge in [-0.05, 0) is 45.5 Å². The van der Waals surface area contributed by atoms with E-state index in [4.69, 9.17) is 9.47 Å². The third kappa shape index (κ3) is 5.09. The Morgan fingerprint density at radius 1 is 1.06 bits per heavy atom. The third-order valence-electron chi connectivity index (χ3n) is 6.58. The number of nitrogens with zero attached hydrogens (tertiary/aromatic N) is 4. The molecule has 36 heavy (non-hydrogen) atoms. The highest BCUT2D eigenvalue weighted by molar-refractivity contribution is 6.07. The van der Waals surface area contributed by atoms with Crippen LogP contribution in [0.3, 0.4) is 0 Å². The maximum atomic E-state index is 13.5. The van der Waals surface area contributed by atoms with Gasteiger partial charge in [0.1, 0.15) is 12.5 Å². The monoisotopic (exact) mass is 488 g/mol. The topological polar surface area (TPSA) is 85.5 Å². The quantitative estimate of drug-likeness (QED) is 0.447. The molecule has 8 nitrogen and oxygen atoms in total. The van der Waals surface area contributed by atoms with Crippen LogP contribution in [0.25, 0.3) is 5.52 Å². The maximum Gasteiger partial charge on any atom is 0.336 e. The fraction of sp³-hybridized carbons (Fsp3) is 0.357. The zero-order valence-corrected chi connectivity index (χ0v) is 21.4. The van der Waals surface area contributed by atoms with Crippen molar-refractivity contribution in [2.75, 3.05) is 27.3 Å². The Balaban J connectivity index is 1.62. The zero-order valence-electron chi connectivity index (χ0n) is 21.4. The number of carbonyl (C=O) groups excluding carboxylic acids is 2. The van der Waals surface area contributed by atoms with Crippen molar-refractivity contribution in [2.45, 2.75) is 33.2 Å². The highest BCUT2D eigenvalue weighted by Crippen LogP contribution is 2.42. The molecule has 0 fully saturated rings. The number of aromatic nitrogens is 2. The van der Waals surface area contributed by atoms with Gasteiger partial charge in [0.2, 0.25) is 0 Å². The van der Waals surface area contributed by atoms with Gasteiger partial charge in [0.25, 0.3) is 0 Å². The molecule has 188 valence electrons. The molecule has 0 bridgehead atoms. The highest BCUT2D eigenvalue weighted by atomic mass is 16.5. The molecule has 3 heterocycles. The summed E-state index contributed by atoms with van der Waals surface area (Å²) >= 11 is 0. The van der Waals surface area contributed by atoms with Crippen LogP contribution in [0.5, 0.6) is 0 Å². The number of pyridine rings is 1. The largest absolute Gasteiger partial charge is 0.468 e. The second-order valence-corrected chi connectivity index (χ2v) is 9.12. The number of aliphatic imine (C=N–C) groups is 1. The lowest BCUT2D eigenvalue weighted by atomic mass is 9.75. The van der Waals surface area contributed by atoms with Crippen LogP contribution in [0, 0.1) is 12.8 Å². The summed E-state index contributed by atoms with van der Waals surface area (Å²) in [6.07, 6.45) is 1.85. The molecular formula is C28H32N4O4. The van der Waals surface area contributed by atoms with Crippen LogP contribution >= 0.6 is 0 Å². The van der Waals surface area contributed by atoms with Crippen LogP contribution < -0.4 is 0 Å². The molecule has 2 aromatic heterocycles. The number of likely N-dealkylation sites (N-methyl/N-ethyl adjacent to an activating group) is 1. The highest BCUT2D eigenvalue weighted by Gasteiger charge is 2.44. The summed E-state index contributed by atoms with van der Waals surface area (Å²) in [7, 11) is 3.33. The van der Waals surface area contributed by atoms with Crippen LogP contribution in [-0.4, -0.2) is 59.5 Å². The van der Waals surface area contributed by atoms with Crippen molar-refractivity contribution in [2.24, 2.45) is 10.9 Å². The van der Waals surface area contributed by atoms with Crippen molar-refractivity contribution in [1.82, 2.24) is 14.5 Å². The summed E-state index contributed by atoms with van der Waals surface area (Å²) in [5.74, 6) is -2.31. The van der Waals surface area contributed by atoms with Gasteiger partial charge < -0.3 is 9.47 Å². The van der Waals surface area contributed by atoms with E-state index in [1.165, 1.54) is 12.7 Å². The van der Waals surface area contributed by atoms with E-state index in [1.807, 2.05) is 56.6 Å². The van der Waals surface area contributed by atoms with Crippen molar-refractivity contribution in [3.05, 3.63) is 82.8 Å². The number of rotatable bonds is 8. The second kappa shape index (κ2) is 10.9. The zero-order chi connectivity index (χ0) is 25.8. The molecule has 1 aromatic carbocycles. The molecule has 1 aliphatic heterocycles. The van der Waals surface area contributed by atoms with E-state index in [0.29, 0.717) is 23.5 Å². The van der Waals surface area contributed by atoms with E-state index in [-0.39, 0.29) is 6.61 Å². The number of ether oxygens (including phenoxy) is 2. The molecule has 0 saturated carbocycles. The van der Waals surface area contributed by atoms with Gasteiger partial charge in [0.15, 0.2) is 0 Å². The number of aryl methyl sites for hydroxylation is 1. The summed E-state index contributed by atoms with van der Waals surface area (Å²) in [6.45, 7) is 6.98. The number of hydrogen-bond acceptors (Lipinski definition) is 7. The van der Waals surface area contributed by atoms with Gasteiger partial charge in [-0.15, -0.1) is 0 Å². The molecule has 1 aliphatic rings. The maximum absolute atomic E-state index is 13.5. The van der Waals surface area contributed by atoms with E-state index >= 15 is 0 Å². The van der Waals surface area contributed by atoms with E-state index in [0.717, 1.165) is 23.3 Å². The average molecular weight is 489 g/mol. The SMILES string of the molecule is COC(=O)C1C(C)=NC(C)=C(C(=O)OCCN(C)Cc2ccccc2)C1c1c(C)nn2ccccc12. The number of carbonyl (C=O) groups is 2. The van der Waals surface area contributed by atoms with Gasteiger partial charge >= 0.3 is 11.9 Å². The van der Waals surface area contributed by atoms with Crippen molar-refractivity contribution in [1.29, 1.82) is 0 Å². The smallest absolute Gasteiger partial charge is 0.336 e. The van der Waals surface area contributed by atoms with E-state index < -0.39 is 23.8 Å². The first kappa shape index (κ1) is 25.3. The Hall–Kier alpha value is -3.78. The average Bonchev–Trinajstić information content (AvgIpc) is 3.19. The lowest BCUT2D eigenvalue weighted by Gasteiger charge is -2.31. The van der Waals surface area contributed by atoms with Gasteiger partial charge in [-0.3, -0.25) is 14.7 Å². The molecule has 2 atom stereocenters. The minimum absolute atomic E-state index is 0.213. The molecule has 2 unspecified atom stereocenters. The fourth-order valence-electron chi connectivity index (χ4n) is 4.91. The number of benzene rings is 1. The molecule has 0 N–H and O–H groups in total. The molecule has 8 heteroatoms. The fourth-order valence-corrected chi connectivity index (χ4v) is 4.91. The van der Waals surface area contributed by atoms with Crippen LogP contribution in [0.4, 0.5) is 0 Å². The van der Waals surface area contributed by atoms with Gasteiger partial charge in [-0.25, -0.2) is 9.31 Å². The van der Waals surface area contributed by atoms with E-state index in [2.05, 4.69) is 27.1 Å². The number of allylic oxidation sites excluding steroid dienone is 1. The van der Waals surface area contributed by atoms with Gasteiger partial charge in [0.05, 0.1) is 23.9 Å². The summed E-state index contributed by atoms with van der Waals surface area (Å²) in [5.41, 5.74) is 5.04. The normalized spacial score (nSPS) is 17.9. The Kier molecular flexibility index (Phi) is 7.64. The van der Waals surface area contributed by atoms with Gasteiger partial charge in [-0.2, -0.15) is 5.10 Å².